The molecular weight excluding hydrogens is 410 g/mol. The molecule has 0 radical (unpaired) electrons. The van der Waals surface area contributed by atoms with Crippen LogP contribution in [-0.4, -0.2) is 63.4 Å². The fourth-order valence-corrected chi connectivity index (χ4v) is 2.97. The predicted octanol–water partition coefficient (Wildman–Crippen LogP) is 2.14. The van der Waals surface area contributed by atoms with Gasteiger partial charge in [0.2, 0.25) is 17.5 Å². The van der Waals surface area contributed by atoms with Crippen molar-refractivity contribution in [2.75, 3.05) is 6.54 Å². The van der Waals surface area contributed by atoms with Crippen molar-refractivity contribution in [2.24, 2.45) is 0 Å². The van der Waals surface area contributed by atoms with E-state index < -0.39 is 46.8 Å². The summed E-state index contributed by atoms with van der Waals surface area (Å²) in [5, 5.41) is 14.7. The van der Waals surface area contributed by atoms with E-state index in [1.165, 1.54) is 0 Å². The highest BCUT2D eigenvalue weighted by atomic mass is 16.6. The van der Waals surface area contributed by atoms with Gasteiger partial charge in [-0.05, 0) is 54.4 Å². The number of carbonyl (C=O) groups excluding carboxylic acids is 4. The second-order valence-electron chi connectivity index (χ2n) is 9.30. The Morgan fingerprint density at radius 3 is 1.84 bits per heavy atom. The van der Waals surface area contributed by atoms with Crippen molar-refractivity contribution in [3.8, 4) is 0 Å². The second kappa shape index (κ2) is 9.97. The lowest BCUT2D eigenvalue weighted by Crippen LogP contribution is -2.67. The number of nitrogens with zero attached hydrogens (tertiary/aromatic N) is 1. The van der Waals surface area contributed by atoms with Gasteiger partial charge in [-0.1, -0.05) is 0 Å². The number of likely N-dealkylation sites (tertiary alicyclic amines) is 1. The van der Waals surface area contributed by atoms with E-state index in [0.717, 1.165) is 0 Å². The van der Waals surface area contributed by atoms with Gasteiger partial charge in [0.15, 0.2) is 0 Å². The van der Waals surface area contributed by atoms with Crippen LogP contribution in [0.4, 0.5) is 9.59 Å². The van der Waals surface area contributed by atoms with Gasteiger partial charge in [0.05, 0.1) is 0 Å². The summed E-state index contributed by atoms with van der Waals surface area (Å²) in [4.78, 5) is 61.4. The molecule has 0 spiro atoms. The number of carbonyl (C=O) groups is 5. The molecule has 1 fully saturated rings. The normalized spacial score (nSPS) is 16.5. The number of rotatable bonds is 8. The van der Waals surface area contributed by atoms with Crippen molar-refractivity contribution in [1.82, 2.24) is 15.5 Å². The van der Waals surface area contributed by atoms with Gasteiger partial charge in [-0.3, -0.25) is 14.9 Å². The van der Waals surface area contributed by atoms with Crippen LogP contribution in [0.25, 0.3) is 0 Å². The molecule has 0 aromatic rings. The summed E-state index contributed by atoms with van der Waals surface area (Å²) in [6.45, 7) is 10.1. The molecule has 3 N–H and O–H groups in total. The number of alkyl carbamates (subject to hydrolysis) is 2. The topological polar surface area (TPSA) is 151 Å². The van der Waals surface area contributed by atoms with Crippen molar-refractivity contribution in [3.63, 3.8) is 0 Å². The number of nitrogens with one attached hydrogen (secondary N) is 2. The van der Waals surface area contributed by atoms with E-state index in [9.17, 15) is 29.1 Å². The van der Waals surface area contributed by atoms with Crippen LogP contribution >= 0.6 is 0 Å². The molecule has 0 aromatic heterocycles. The largest absolute Gasteiger partial charge is 0.478 e. The number of hydrogen-bond acceptors (Lipinski definition) is 7. The van der Waals surface area contributed by atoms with Gasteiger partial charge in [0, 0.05) is 25.8 Å². The van der Waals surface area contributed by atoms with Crippen LogP contribution in [0.5, 0.6) is 0 Å². The molecule has 1 atom stereocenters. The average molecular weight is 443 g/mol. The minimum absolute atomic E-state index is 0.135. The summed E-state index contributed by atoms with van der Waals surface area (Å²) < 4.78 is 10.3. The Balaban J connectivity index is 2.91. The molecule has 1 aliphatic heterocycles. The zero-order valence-corrected chi connectivity index (χ0v) is 19.0. The molecular formula is C20H33N3O8. The number of ether oxygens (including phenoxy) is 2. The Labute approximate surface area is 181 Å². The van der Waals surface area contributed by atoms with Crippen LogP contribution in [0, 0.1) is 0 Å². The second-order valence-corrected chi connectivity index (χ2v) is 9.30. The molecule has 1 rings (SSSR count). The summed E-state index contributed by atoms with van der Waals surface area (Å²) in [7, 11) is 0. The SMILES string of the molecule is CC(C)(C)OC(=O)NCCCC[C@@](NC(=O)OC(C)(C)C)(C(=O)O)N1C(=O)CCC1=O. The molecule has 0 bridgehead atoms. The van der Waals surface area contributed by atoms with Crippen LogP contribution in [0.2, 0.25) is 0 Å². The van der Waals surface area contributed by atoms with E-state index in [-0.39, 0.29) is 32.2 Å². The van der Waals surface area contributed by atoms with Crippen LogP contribution in [0.15, 0.2) is 0 Å². The first-order valence-corrected chi connectivity index (χ1v) is 10.1. The summed E-state index contributed by atoms with van der Waals surface area (Å²) in [5.74, 6) is -2.92. The van der Waals surface area contributed by atoms with E-state index in [4.69, 9.17) is 9.47 Å². The third kappa shape index (κ3) is 8.06. The molecule has 11 nitrogen and oxygen atoms in total. The number of carboxylic acids is 1. The lowest BCUT2D eigenvalue weighted by Gasteiger charge is -2.37. The van der Waals surface area contributed by atoms with Crippen molar-refractivity contribution in [3.05, 3.63) is 0 Å². The molecule has 1 saturated heterocycles. The Morgan fingerprint density at radius 2 is 1.39 bits per heavy atom. The third-order valence-electron chi connectivity index (χ3n) is 4.13. The molecule has 0 aliphatic carbocycles. The van der Waals surface area contributed by atoms with Gasteiger partial charge in [-0.15, -0.1) is 0 Å². The van der Waals surface area contributed by atoms with Crippen molar-refractivity contribution >= 4 is 30.0 Å². The third-order valence-corrected chi connectivity index (χ3v) is 4.13. The minimum Gasteiger partial charge on any atom is -0.478 e. The highest BCUT2D eigenvalue weighted by Crippen LogP contribution is 2.28. The first-order valence-electron chi connectivity index (χ1n) is 10.1. The molecule has 4 amide bonds. The summed E-state index contributed by atoms with van der Waals surface area (Å²) in [5.41, 5.74) is -3.85. The van der Waals surface area contributed by atoms with Gasteiger partial charge in [0.1, 0.15) is 11.2 Å². The zero-order valence-electron chi connectivity index (χ0n) is 19.0. The van der Waals surface area contributed by atoms with E-state index in [2.05, 4.69) is 10.6 Å². The first-order chi connectivity index (χ1) is 14.1. The molecule has 176 valence electrons. The van der Waals surface area contributed by atoms with Gasteiger partial charge >= 0.3 is 18.2 Å². The fraction of sp³-hybridized carbons (Fsp3) is 0.750. The maximum atomic E-state index is 12.3. The molecule has 0 saturated carbocycles. The monoisotopic (exact) mass is 443 g/mol. The summed E-state index contributed by atoms with van der Waals surface area (Å²) in [6.07, 6.45) is -1.71. The number of aliphatic carboxylic acids is 1. The standard InChI is InChI=1S/C20H33N3O8/c1-18(2,3)30-16(28)21-12-8-7-11-20(15(26)27,22-17(29)31-19(4,5)6)23-13(24)9-10-14(23)25/h7-12H2,1-6H3,(H,21,28)(H,22,29)(H,26,27)/t20-/m0/s1. The molecule has 1 aliphatic rings. The lowest BCUT2D eigenvalue weighted by atomic mass is 10.00. The van der Waals surface area contributed by atoms with Crippen LogP contribution in [0.1, 0.15) is 73.6 Å². The fourth-order valence-electron chi connectivity index (χ4n) is 2.97. The van der Waals surface area contributed by atoms with Crippen molar-refractivity contribution in [2.45, 2.75) is 90.5 Å². The van der Waals surface area contributed by atoms with E-state index in [1.807, 2.05) is 0 Å². The zero-order chi connectivity index (χ0) is 24.0. The van der Waals surface area contributed by atoms with Crippen LogP contribution in [0.3, 0.4) is 0 Å². The Morgan fingerprint density at radius 1 is 0.903 bits per heavy atom. The van der Waals surface area contributed by atoms with E-state index in [0.29, 0.717) is 11.3 Å². The highest BCUT2D eigenvalue weighted by Gasteiger charge is 2.53. The predicted molar refractivity (Wildman–Crippen MR) is 109 cm³/mol. The van der Waals surface area contributed by atoms with Gasteiger partial charge in [0.25, 0.3) is 0 Å². The molecule has 11 heteroatoms. The molecule has 0 aromatic carbocycles. The minimum atomic E-state index is -2.28. The highest BCUT2D eigenvalue weighted by molar-refractivity contribution is 6.06. The average Bonchev–Trinajstić information content (AvgIpc) is 2.89. The Bertz CT molecular complexity index is 707. The molecule has 31 heavy (non-hydrogen) atoms. The van der Waals surface area contributed by atoms with E-state index >= 15 is 0 Å². The Hall–Kier alpha value is -2.85. The van der Waals surface area contributed by atoms with Crippen molar-refractivity contribution < 1.29 is 38.6 Å². The van der Waals surface area contributed by atoms with E-state index in [1.54, 1.807) is 41.5 Å². The maximum absolute atomic E-state index is 12.3. The van der Waals surface area contributed by atoms with Gasteiger partial charge in [-0.25, -0.2) is 19.3 Å². The van der Waals surface area contributed by atoms with Gasteiger partial charge in [-0.2, -0.15) is 0 Å². The number of hydrogen-bond donors (Lipinski definition) is 3. The molecule has 1 heterocycles. The first kappa shape index (κ1) is 26.2. The lowest BCUT2D eigenvalue weighted by molar-refractivity contribution is -0.166. The Kier molecular flexibility index (Phi) is 8.42. The molecule has 0 unspecified atom stereocenters. The van der Waals surface area contributed by atoms with Crippen molar-refractivity contribution in [1.29, 1.82) is 0 Å². The van der Waals surface area contributed by atoms with Crippen LogP contribution < -0.4 is 10.6 Å². The number of unbranched alkanes of at least 4 members (excludes halogenated alkanes) is 1. The summed E-state index contributed by atoms with van der Waals surface area (Å²) >= 11 is 0. The number of imide groups is 1. The number of amides is 4. The smallest absolute Gasteiger partial charge is 0.409 e. The van der Waals surface area contributed by atoms with Gasteiger partial charge < -0.3 is 19.9 Å². The number of carboxylic acid groups (broad SMARTS) is 1. The summed E-state index contributed by atoms with van der Waals surface area (Å²) in [6, 6.07) is 0. The van der Waals surface area contributed by atoms with Crippen LogP contribution in [-0.2, 0) is 23.9 Å². The maximum Gasteiger partial charge on any atom is 0.409 e. The quantitative estimate of drug-likeness (QED) is 0.381.